The van der Waals surface area contributed by atoms with Gasteiger partial charge in [-0.05, 0) is 55.8 Å². The van der Waals surface area contributed by atoms with Gasteiger partial charge in [0.2, 0.25) is 0 Å². The smallest absolute Gasteiger partial charge is 0.166 e. The number of aromatic hydroxyl groups is 1. The molecule has 5 nitrogen and oxygen atoms in total. The number of morpholine rings is 1. The first-order chi connectivity index (χ1) is 15.5. The summed E-state index contributed by atoms with van der Waals surface area (Å²) in [6, 6.07) is 12.7. The third-order valence-electron chi connectivity index (χ3n) is 5.58. The molecule has 7 heteroatoms. The first-order valence-electron chi connectivity index (χ1n) is 10.8. The molecule has 0 amide bonds. The fraction of sp³-hybridized carbons (Fsp3) is 0.320. The SMILES string of the molecule is Cc1ccc(O)c(-c2cc(-c3cccc(F)c3F)cc(NCCCN3CCOCC3)n2)c1. The van der Waals surface area contributed by atoms with Crippen molar-refractivity contribution in [3.05, 3.63) is 65.7 Å². The molecule has 0 radical (unpaired) electrons. The maximum Gasteiger partial charge on any atom is 0.166 e. The lowest BCUT2D eigenvalue weighted by Crippen LogP contribution is -2.37. The molecule has 3 aromatic rings. The first-order valence-corrected chi connectivity index (χ1v) is 10.8. The molecule has 1 saturated heterocycles. The van der Waals surface area contributed by atoms with Crippen molar-refractivity contribution in [2.45, 2.75) is 13.3 Å². The number of ether oxygens (including phenoxy) is 1. The van der Waals surface area contributed by atoms with E-state index in [1.165, 1.54) is 12.1 Å². The quantitative estimate of drug-likeness (QED) is 0.516. The lowest BCUT2D eigenvalue weighted by Gasteiger charge is -2.26. The second kappa shape index (κ2) is 10.1. The molecule has 0 saturated carbocycles. The second-order valence-corrected chi connectivity index (χ2v) is 7.98. The van der Waals surface area contributed by atoms with Crippen molar-refractivity contribution in [3.8, 4) is 28.1 Å². The van der Waals surface area contributed by atoms with E-state index in [-0.39, 0.29) is 11.3 Å². The number of pyridine rings is 1. The minimum atomic E-state index is -0.906. The highest BCUT2D eigenvalue weighted by Gasteiger charge is 2.15. The van der Waals surface area contributed by atoms with E-state index in [9.17, 15) is 13.9 Å². The predicted molar refractivity (Wildman–Crippen MR) is 122 cm³/mol. The fourth-order valence-corrected chi connectivity index (χ4v) is 3.84. The van der Waals surface area contributed by atoms with Crippen molar-refractivity contribution in [2.24, 2.45) is 0 Å². The molecule has 2 aromatic carbocycles. The van der Waals surface area contributed by atoms with Crippen LogP contribution >= 0.6 is 0 Å². The van der Waals surface area contributed by atoms with Crippen LogP contribution in [0.25, 0.3) is 22.4 Å². The van der Waals surface area contributed by atoms with Gasteiger partial charge in [-0.15, -0.1) is 0 Å². The number of benzene rings is 2. The van der Waals surface area contributed by atoms with Crippen LogP contribution in [0.4, 0.5) is 14.6 Å². The second-order valence-electron chi connectivity index (χ2n) is 7.98. The van der Waals surface area contributed by atoms with Crippen molar-refractivity contribution in [1.29, 1.82) is 0 Å². The molecule has 0 atom stereocenters. The number of phenols is 1. The van der Waals surface area contributed by atoms with Crippen LogP contribution in [0.3, 0.4) is 0 Å². The maximum absolute atomic E-state index is 14.5. The molecule has 1 aliphatic heterocycles. The van der Waals surface area contributed by atoms with Crippen LogP contribution in [-0.2, 0) is 4.74 Å². The van der Waals surface area contributed by atoms with Crippen molar-refractivity contribution in [3.63, 3.8) is 0 Å². The van der Waals surface area contributed by atoms with Crippen molar-refractivity contribution >= 4 is 5.82 Å². The van der Waals surface area contributed by atoms with Crippen LogP contribution in [0.2, 0.25) is 0 Å². The summed E-state index contributed by atoms with van der Waals surface area (Å²) in [5, 5.41) is 13.7. The van der Waals surface area contributed by atoms with E-state index in [1.807, 2.05) is 13.0 Å². The van der Waals surface area contributed by atoms with Crippen LogP contribution in [-0.4, -0.2) is 54.4 Å². The van der Waals surface area contributed by atoms with Gasteiger partial charge < -0.3 is 15.2 Å². The van der Waals surface area contributed by atoms with E-state index < -0.39 is 11.6 Å². The standard InChI is InChI=1S/C25H27F2N3O2/c1-17-6-7-23(31)20(14-17)22-15-18(19-4-2-5-21(26)25(19)27)16-24(29-22)28-8-3-9-30-10-12-32-13-11-30/h2,4-7,14-16,31H,3,8-13H2,1H3,(H,28,29). The molecular weight excluding hydrogens is 412 g/mol. The molecular formula is C25H27F2N3O2. The number of halogens is 2. The highest BCUT2D eigenvalue weighted by molar-refractivity contribution is 5.76. The van der Waals surface area contributed by atoms with Gasteiger partial charge in [-0.1, -0.05) is 23.8 Å². The van der Waals surface area contributed by atoms with E-state index in [1.54, 1.807) is 24.3 Å². The number of nitrogens with zero attached hydrogens (tertiary/aromatic N) is 2. The summed E-state index contributed by atoms with van der Waals surface area (Å²) in [6.45, 7) is 6.94. The maximum atomic E-state index is 14.5. The van der Waals surface area contributed by atoms with Gasteiger partial charge in [0, 0.05) is 30.8 Å². The molecule has 32 heavy (non-hydrogen) atoms. The number of nitrogens with one attached hydrogen (secondary N) is 1. The average molecular weight is 440 g/mol. The monoisotopic (exact) mass is 439 g/mol. The summed E-state index contributed by atoms with van der Waals surface area (Å²) in [5.74, 6) is -1.18. The lowest BCUT2D eigenvalue weighted by atomic mass is 10.0. The highest BCUT2D eigenvalue weighted by Crippen LogP contribution is 2.34. The molecule has 2 N–H and O–H groups in total. The molecule has 1 aliphatic rings. The number of hydrogen-bond donors (Lipinski definition) is 2. The minimum absolute atomic E-state index is 0.0817. The zero-order chi connectivity index (χ0) is 22.5. The molecule has 1 aromatic heterocycles. The molecule has 0 aliphatic carbocycles. The Kier molecular flexibility index (Phi) is 6.97. The Labute approximate surface area is 186 Å². The minimum Gasteiger partial charge on any atom is -0.507 e. The molecule has 2 heterocycles. The van der Waals surface area contributed by atoms with E-state index in [2.05, 4.69) is 15.2 Å². The number of phenolic OH excluding ortho intramolecular Hbond substituents is 1. The van der Waals surface area contributed by atoms with Gasteiger partial charge in [0.1, 0.15) is 11.6 Å². The first kappa shape index (κ1) is 22.2. The van der Waals surface area contributed by atoms with Gasteiger partial charge in [-0.25, -0.2) is 13.8 Å². The summed E-state index contributed by atoms with van der Waals surface area (Å²) in [7, 11) is 0. The molecule has 4 rings (SSSR count). The third kappa shape index (κ3) is 5.23. The van der Waals surface area contributed by atoms with Gasteiger partial charge in [0.05, 0.1) is 18.9 Å². The average Bonchev–Trinajstić information content (AvgIpc) is 2.80. The zero-order valence-electron chi connectivity index (χ0n) is 18.1. The summed E-state index contributed by atoms with van der Waals surface area (Å²) in [6.07, 6.45) is 0.908. The Morgan fingerprint density at radius 1 is 1.06 bits per heavy atom. The van der Waals surface area contributed by atoms with Gasteiger partial charge in [-0.3, -0.25) is 4.90 Å². The Balaban J connectivity index is 1.61. The summed E-state index contributed by atoms with van der Waals surface area (Å²) < 4.78 is 33.8. The summed E-state index contributed by atoms with van der Waals surface area (Å²) >= 11 is 0. The molecule has 0 bridgehead atoms. The Bertz CT molecular complexity index is 1060. The number of aromatic nitrogens is 1. The van der Waals surface area contributed by atoms with Crippen molar-refractivity contribution < 1.29 is 18.6 Å². The van der Waals surface area contributed by atoms with Gasteiger partial charge >= 0.3 is 0 Å². The number of hydrogen-bond acceptors (Lipinski definition) is 5. The van der Waals surface area contributed by atoms with Crippen LogP contribution < -0.4 is 5.32 Å². The zero-order valence-corrected chi connectivity index (χ0v) is 18.1. The Morgan fingerprint density at radius 2 is 1.88 bits per heavy atom. The van der Waals surface area contributed by atoms with Crippen molar-refractivity contribution in [2.75, 3.05) is 44.7 Å². The van der Waals surface area contributed by atoms with Gasteiger partial charge in [-0.2, -0.15) is 0 Å². The van der Waals surface area contributed by atoms with E-state index in [4.69, 9.17) is 4.74 Å². The fourth-order valence-electron chi connectivity index (χ4n) is 3.84. The van der Waals surface area contributed by atoms with E-state index >= 15 is 0 Å². The van der Waals surface area contributed by atoms with Crippen LogP contribution in [0, 0.1) is 18.6 Å². The summed E-state index contributed by atoms with van der Waals surface area (Å²) in [5.41, 5.74) is 2.63. The number of anilines is 1. The van der Waals surface area contributed by atoms with Gasteiger partial charge in [0.25, 0.3) is 0 Å². The molecule has 0 unspecified atom stereocenters. The Hall–Kier alpha value is -3.03. The topological polar surface area (TPSA) is 57.6 Å². The number of rotatable bonds is 7. The van der Waals surface area contributed by atoms with E-state index in [0.29, 0.717) is 29.2 Å². The van der Waals surface area contributed by atoms with Crippen LogP contribution in [0.15, 0.2) is 48.5 Å². The van der Waals surface area contributed by atoms with Crippen molar-refractivity contribution in [1.82, 2.24) is 9.88 Å². The molecule has 0 spiro atoms. The van der Waals surface area contributed by atoms with Crippen LogP contribution in [0.5, 0.6) is 5.75 Å². The highest BCUT2D eigenvalue weighted by atomic mass is 19.2. The molecule has 168 valence electrons. The van der Waals surface area contributed by atoms with Gasteiger partial charge in [0.15, 0.2) is 11.6 Å². The number of aryl methyl sites for hydroxylation is 1. The molecule has 1 fully saturated rings. The normalized spacial score (nSPS) is 14.5. The largest absolute Gasteiger partial charge is 0.507 e. The summed E-state index contributed by atoms with van der Waals surface area (Å²) in [4.78, 5) is 7.00. The van der Waals surface area contributed by atoms with E-state index in [0.717, 1.165) is 50.9 Å². The third-order valence-corrected chi connectivity index (χ3v) is 5.58. The Morgan fingerprint density at radius 3 is 2.69 bits per heavy atom. The van der Waals surface area contributed by atoms with Crippen LogP contribution in [0.1, 0.15) is 12.0 Å². The predicted octanol–water partition coefficient (Wildman–Crippen LogP) is 4.84. The lowest BCUT2D eigenvalue weighted by molar-refractivity contribution is 0.0378.